The second-order valence-electron chi connectivity index (χ2n) is 16.1. The average Bonchev–Trinajstić information content (AvgIpc) is 3.85. The highest BCUT2D eigenvalue weighted by Crippen LogP contribution is 2.15. The van der Waals surface area contributed by atoms with Gasteiger partial charge < -0.3 is 50.7 Å². The van der Waals surface area contributed by atoms with Crippen molar-refractivity contribution in [2.24, 2.45) is 4.99 Å². The first-order valence-electron chi connectivity index (χ1n) is 20.7. The number of carbonyl (C=O) groups excluding carboxylic acids is 6. The van der Waals surface area contributed by atoms with Gasteiger partial charge in [-0.25, -0.2) is 28.8 Å². The Labute approximate surface area is 380 Å². The maximum Gasteiger partial charge on any atom is 0.408 e. The van der Waals surface area contributed by atoms with Gasteiger partial charge in [-0.3, -0.25) is 0 Å². The minimum Gasteiger partial charge on any atom is -0.467 e. The molecule has 1 saturated heterocycles. The van der Waals surface area contributed by atoms with Gasteiger partial charge in [-0.1, -0.05) is 60.7 Å². The number of nitrogen functional groups attached to an aromatic ring is 1. The standard InChI is InChI=1S/C22H27N3O5.C15H22N2O4.C7H5NO.C4H8O/c1-22(2,3)30-21(28)25-18(19(26)29-4)14-15-10-12-17(13-11-15)24-20(27)23-16-8-6-5-7-9-16;1-15(2,3)21-14(19)17-12(13(18)20-4)9-10-5-7-11(16)8-6-10;9-6-8-7-4-2-1-3-5-7;1-2-4-5-3-1/h5-13,18H,14H2,1-4H3,(H,25,28)(H2,23,24,27);5-8,12H,9,16H2,1-4H3,(H,17,19);1-5H;1-4H2/t18-;12-;;/m11../s1. The molecule has 4 aromatic rings. The van der Waals surface area contributed by atoms with Crippen molar-refractivity contribution in [2.75, 3.05) is 43.8 Å². The van der Waals surface area contributed by atoms with Gasteiger partial charge in [-0.15, -0.1) is 0 Å². The quantitative estimate of drug-likeness (QED) is 0.0315. The van der Waals surface area contributed by atoms with E-state index in [1.807, 2.05) is 36.4 Å². The van der Waals surface area contributed by atoms with Gasteiger partial charge in [0.1, 0.15) is 23.3 Å². The van der Waals surface area contributed by atoms with Crippen molar-refractivity contribution in [2.45, 2.75) is 90.5 Å². The summed E-state index contributed by atoms with van der Waals surface area (Å²) < 4.78 is 24.8. The summed E-state index contributed by atoms with van der Waals surface area (Å²) in [5, 5.41) is 10.5. The van der Waals surface area contributed by atoms with Crippen LogP contribution in [0.3, 0.4) is 0 Å². The van der Waals surface area contributed by atoms with E-state index in [1.165, 1.54) is 33.1 Å². The number of isocyanates is 1. The number of ether oxygens (including phenoxy) is 5. The second kappa shape index (κ2) is 28.5. The van der Waals surface area contributed by atoms with Crippen LogP contribution in [0, 0.1) is 0 Å². The van der Waals surface area contributed by atoms with Crippen LogP contribution in [-0.4, -0.2) is 87.0 Å². The monoisotopic (exact) mass is 898 g/mol. The number of carbonyl (C=O) groups is 5. The summed E-state index contributed by atoms with van der Waals surface area (Å²) in [6, 6.07) is 30.0. The Hall–Kier alpha value is -7.23. The number of hydrogen-bond donors (Lipinski definition) is 5. The van der Waals surface area contributed by atoms with Crippen LogP contribution in [0.1, 0.15) is 65.5 Å². The van der Waals surface area contributed by atoms with Crippen molar-refractivity contribution in [3.05, 3.63) is 120 Å². The van der Waals surface area contributed by atoms with Gasteiger partial charge in [0.05, 0.1) is 19.9 Å². The molecule has 0 radical (unpaired) electrons. The molecule has 0 aromatic heterocycles. The molecule has 0 bridgehead atoms. The smallest absolute Gasteiger partial charge is 0.408 e. The highest BCUT2D eigenvalue weighted by molar-refractivity contribution is 5.99. The van der Waals surface area contributed by atoms with Crippen molar-refractivity contribution < 1.29 is 52.5 Å². The summed E-state index contributed by atoms with van der Waals surface area (Å²) in [6.45, 7) is 12.5. The van der Waals surface area contributed by atoms with E-state index >= 15 is 0 Å². The fourth-order valence-electron chi connectivity index (χ4n) is 5.30. The Morgan fingerprint density at radius 2 is 1.03 bits per heavy atom. The molecule has 6 N–H and O–H groups in total. The Balaban J connectivity index is 0.000000354. The molecular weight excluding hydrogens is 837 g/mol. The van der Waals surface area contributed by atoms with Crippen molar-refractivity contribution >= 4 is 59.0 Å². The highest BCUT2D eigenvalue weighted by atomic mass is 16.6. The number of anilines is 3. The van der Waals surface area contributed by atoms with Crippen LogP contribution < -0.4 is 27.0 Å². The Kier molecular flexibility index (Phi) is 23.6. The topological polar surface area (TPSA) is 235 Å². The predicted molar refractivity (Wildman–Crippen MR) is 248 cm³/mol. The van der Waals surface area contributed by atoms with Gasteiger partial charge in [-0.05, 0) is 114 Å². The third-order valence-electron chi connectivity index (χ3n) is 8.21. The molecule has 4 amide bonds. The van der Waals surface area contributed by atoms with Gasteiger partial charge in [0.2, 0.25) is 6.08 Å². The van der Waals surface area contributed by atoms with E-state index in [0.717, 1.165) is 24.3 Å². The fourth-order valence-corrected chi connectivity index (χ4v) is 5.30. The van der Waals surface area contributed by atoms with Gasteiger partial charge in [-0.2, -0.15) is 4.99 Å². The van der Waals surface area contributed by atoms with E-state index in [2.05, 4.69) is 26.3 Å². The van der Waals surface area contributed by atoms with Gasteiger partial charge in [0, 0.05) is 43.1 Å². The maximum absolute atomic E-state index is 12.1. The van der Waals surface area contributed by atoms with Crippen LogP contribution in [0.5, 0.6) is 0 Å². The van der Waals surface area contributed by atoms with E-state index < -0.39 is 47.4 Å². The van der Waals surface area contributed by atoms with Crippen molar-refractivity contribution in [3.63, 3.8) is 0 Å². The number of alkyl carbamates (subject to hydrolysis) is 2. The molecule has 1 aliphatic rings. The molecule has 1 fully saturated rings. The third kappa shape index (κ3) is 24.9. The lowest BCUT2D eigenvalue weighted by atomic mass is 10.1. The number of aliphatic imine (C=N–C) groups is 1. The van der Waals surface area contributed by atoms with Gasteiger partial charge in [0.15, 0.2) is 0 Å². The summed E-state index contributed by atoms with van der Waals surface area (Å²) in [6.07, 6.45) is 3.16. The molecule has 17 heteroatoms. The summed E-state index contributed by atoms with van der Waals surface area (Å²) in [5.74, 6) is -1.11. The summed E-state index contributed by atoms with van der Waals surface area (Å²) in [4.78, 5) is 72.7. The molecule has 2 atom stereocenters. The number of nitrogens with zero attached hydrogens (tertiary/aromatic N) is 1. The normalized spacial score (nSPS) is 12.4. The Morgan fingerprint density at radius 3 is 1.40 bits per heavy atom. The molecule has 17 nitrogen and oxygen atoms in total. The van der Waals surface area contributed by atoms with E-state index in [-0.39, 0.29) is 12.5 Å². The molecule has 1 aliphatic heterocycles. The van der Waals surface area contributed by atoms with Crippen LogP contribution in [0.25, 0.3) is 0 Å². The molecule has 5 rings (SSSR count). The number of para-hydroxylation sites is 2. The minimum atomic E-state index is -0.898. The van der Waals surface area contributed by atoms with Crippen LogP contribution in [0.15, 0.2) is 114 Å². The molecular formula is C48H62N6O11. The van der Waals surface area contributed by atoms with E-state index in [1.54, 1.807) is 114 Å². The first kappa shape index (κ1) is 53.9. The first-order valence-corrected chi connectivity index (χ1v) is 20.7. The lowest BCUT2D eigenvalue weighted by molar-refractivity contribution is -0.143. The van der Waals surface area contributed by atoms with Crippen LogP contribution in [0.4, 0.5) is 37.1 Å². The minimum absolute atomic E-state index is 0.211. The lowest BCUT2D eigenvalue weighted by Gasteiger charge is -2.22. The zero-order valence-corrected chi connectivity index (χ0v) is 38.3. The average molecular weight is 899 g/mol. The number of nitrogens with one attached hydrogen (secondary N) is 4. The number of benzene rings is 4. The number of urea groups is 1. The Bertz CT molecular complexity index is 2090. The summed E-state index contributed by atoms with van der Waals surface area (Å²) >= 11 is 0. The van der Waals surface area contributed by atoms with Gasteiger partial charge >= 0.3 is 30.2 Å². The molecule has 0 spiro atoms. The number of rotatable bonds is 11. The third-order valence-corrected chi connectivity index (χ3v) is 8.21. The molecule has 1 heterocycles. The number of nitrogens with two attached hydrogens (primary N) is 1. The molecule has 65 heavy (non-hydrogen) atoms. The molecule has 0 aliphatic carbocycles. The number of esters is 2. The molecule has 0 saturated carbocycles. The van der Waals surface area contributed by atoms with Crippen molar-refractivity contribution in [1.82, 2.24) is 10.6 Å². The number of amides is 4. The predicted octanol–water partition coefficient (Wildman–Crippen LogP) is 8.27. The molecule has 0 unspecified atom stereocenters. The van der Waals surface area contributed by atoms with Crippen LogP contribution in [-0.2, 0) is 50.9 Å². The number of methoxy groups -OCH3 is 2. The highest BCUT2D eigenvalue weighted by Gasteiger charge is 2.26. The zero-order chi connectivity index (χ0) is 48.3. The van der Waals surface area contributed by atoms with E-state index in [4.69, 9.17) is 29.4 Å². The van der Waals surface area contributed by atoms with Gasteiger partial charge in [0.25, 0.3) is 0 Å². The van der Waals surface area contributed by atoms with E-state index in [0.29, 0.717) is 29.2 Å². The zero-order valence-electron chi connectivity index (χ0n) is 38.3. The van der Waals surface area contributed by atoms with E-state index in [9.17, 15) is 28.8 Å². The lowest BCUT2D eigenvalue weighted by Crippen LogP contribution is -2.45. The molecule has 4 aromatic carbocycles. The summed E-state index contributed by atoms with van der Waals surface area (Å²) in [7, 11) is 2.53. The Morgan fingerprint density at radius 1 is 0.631 bits per heavy atom. The molecule has 350 valence electrons. The first-order chi connectivity index (χ1) is 30.8. The largest absolute Gasteiger partial charge is 0.467 e. The fraction of sp³-hybridized carbons (Fsp3) is 0.375. The second-order valence-corrected chi connectivity index (χ2v) is 16.1. The van der Waals surface area contributed by atoms with Crippen LogP contribution >= 0.6 is 0 Å². The van der Waals surface area contributed by atoms with Crippen molar-refractivity contribution in [3.8, 4) is 0 Å². The number of hydrogen-bond acceptors (Lipinski definition) is 13. The summed E-state index contributed by atoms with van der Waals surface area (Å²) in [5.41, 5.74) is 8.47. The van der Waals surface area contributed by atoms with Crippen molar-refractivity contribution in [1.29, 1.82) is 0 Å². The SMILES string of the molecule is C1CCOC1.COC(=O)[C@@H](Cc1ccc(N)cc1)NC(=O)OC(C)(C)C.COC(=O)[C@@H](Cc1ccc(NC(=O)Nc2ccccc2)cc1)NC(=O)OC(C)(C)C.O=C=Nc1ccccc1. The maximum atomic E-state index is 12.1. The van der Waals surface area contributed by atoms with Crippen LogP contribution in [0.2, 0.25) is 0 Å².